The number of esters is 1. The van der Waals surface area contributed by atoms with Crippen molar-refractivity contribution >= 4 is 11.8 Å². The van der Waals surface area contributed by atoms with Crippen LogP contribution in [0.5, 0.6) is 0 Å². The highest BCUT2D eigenvalue weighted by Gasteiger charge is 2.29. The monoisotopic (exact) mass is 388 g/mol. The Morgan fingerprint density at radius 3 is 1.89 bits per heavy atom. The third-order valence-electron chi connectivity index (χ3n) is 5.21. The molecule has 1 aromatic rings. The normalized spacial score (nSPS) is 11.9. The fraction of sp³-hybridized carbons (Fsp3) is 0.680. The molecule has 0 aliphatic carbocycles. The van der Waals surface area contributed by atoms with Crippen molar-refractivity contribution < 1.29 is 14.3 Å². The number of benzene rings is 1. The lowest BCUT2D eigenvalue weighted by Gasteiger charge is -2.16. The number of hydrogen-bond donors (Lipinski definition) is 0. The van der Waals surface area contributed by atoms with Crippen molar-refractivity contribution in [2.75, 3.05) is 6.61 Å². The second kappa shape index (κ2) is 16.3. The van der Waals surface area contributed by atoms with Crippen molar-refractivity contribution in [3.63, 3.8) is 0 Å². The van der Waals surface area contributed by atoms with E-state index in [-0.39, 0.29) is 11.8 Å². The number of ketones is 1. The number of unbranched alkanes of at least 4 members (excludes halogenated alkanes) is 10. The molecule has 0 radical (unpaired) electrons. The van der Waals surface area contributed by atoms with E-state index >= 15 is 0 Å². The molecule has 0 heterocycles. The third kappa shape index (κ3) is 10.6. The molecule has 0 amide bonds. The molecule has 0 bridgehead atoms. The molecule has 0 aliphatic rings. The Kier molecular flexibility index (Phi) is 14.2. The number of Topliss-reactive ketones (excluding diaryl/α,β-unsaturated/α-hetero) is 1. The molecule has 0 saturated carbocycles. The molecule has 3 heteroatoms. The molecule has 0 N–H and O–H groups in total. The summed E-state index contributed by atoms with van der Waals surface area (Å²) in [6, 6.07) is 9.37. The van der Waals surface area contributed by atoms with Gasteiger partial charge in [0.25, 0.3) is 0 Å². The highest BCUT2D eigenvalue weighted by molar-refractivity contribution is 6.04. The summed E-state index contributed by atoms with van der Waals surface area (Å²) in [5.41, 5.74) is 0.756. The molecule has 0 saturated heterocycles. The van der Waals surface area contributed by atoms with Gasteiger partial charge in [0, 0.05) is 6.42 Å². The van der Waals surface area contributed by atoms with Gasteiger partial charge in [-0.25, -0.2) is 0 Å². The molecular formula is C25H40O3. The fourth-order valence-electron chi connectivity index (χ4n) is 3.46. The summed E-state index contributed by atoms with van der Waals surface area (Å²) in [6.07, 6.45) is 14.1. The minimum Gasteiger partial charge on any atom is -0.465 e. The van der Waals surface area contributed by atoms with Gasteiger partial charge in [0.05, 0.1) is 6.61 Å². The van der Waals surface area contributed by atoms with Crippen LogP contribution in [0, 0.1) is 0 Å². The lowest BCUT2D eigenvalue weighted by Crippen LogP contribution is -2.24. The maximum absolute atomic E-state index is 12.8. The Balaban J connectivity index is 2.46. The standard InChI is InChI=1S/C25H40O3/c1-3-5-7-9-11-16-20-23(26)24(22-18-14-13-15-19-22)25(27)28-21-17-12-10-8-6-4-2/h13-15,18-19,24H,3-12,16-17,20-21H2,1-2H3. The lowest BCUT2D eigenvalue weighted by atomic mass is 9.91. The number of hydrogen-bond acceptors (Lipinski definition) is 3. The summed E-state index contributed by atoms with van der Waals surface area (Å²) >= 11 is 0. The van der Waals surface area contributed by atoms with Crippen molar-refractivity contribution in [1.29, 1.82) is 0 Å². The van der Waals surface area contributed by atoms with E-state index in [1.807, 2.05) is 30.3 Å². The summed E-state index contributed by atoms with van der Waals surface area (Å²) in [5.74, 6) is -1.15. The zero-order valence-corrected chi connectivity index (χ0v) is 18.1. The molecule has 1 rings (SSSR count). The molecule has 1 atom stereocenters. The van der Waals surface area contributed by atoms with E-state index in [0.717, 1.165) is 31.2 Å². The van der Waals surface area contributed by atoms with E-state index in [1.165, 1.54) is 51.4 Å². The van der Waals surface area contributed by atoms with Crippen LogP contribution in [0.25, 0.3) is 0 Å². The molecular weight excluding hydrogens is 348 g/mol. The minimum atomic E-state index is -0.767. The summed E-state index contributed by atoms with van der Waals surface area (Å²) in [5, 5.41) is 0. The Morgan fingerprint density at radius 2 is 1.29 bits per heavy atom. The van der Waals surface area contributed by atoms with Gasteiger partial charge in [-0.05, 0) is 18.4 Å². The summed E-state index contributed by atoms with van der Waals surface area (Å²) < 4.78 is 5.49. The van der Waals surface area contributed by atoms with Gasteiger partial charge in [-0.1, -0.05) is 108 Å². The van der Waals surface area contributed by atoms with Gasteiger partial charge in [-0.15, -0.1) is 0 Å². The van der Waals surface area contributed by atoms with Crippen molar-refractivity contribution in [3.8, 4) is 0 Å². The predicted molar refractivity (Wildman–Crippen MR) is 117 cm³/mol. The van der Waals surface area contributed by atoms with Crippen LogP contribution in [0.15, 0.2) is 30.3 Å². The summed E-state index contributed by atoms with van der Waals surface area (Å²) in [6.45, 7) is 4.82. The van der Waals surface area contributed by atoms with Gasteiger partial charge < -0.3 is 4.74 Å². The van der Waals surface area contributed by atoms with E-state index in [1.54, 1.807) is 0 Å². The number of carbonyl (C=O) groups is 2. The summed E-state index contributed by atoms with van der Waals surface area (Å²) in [7, 11) is 0. The highest BCUT2D eigenvalue weighted by atomic mass is 16.5. The first kappa shape index (κ1) is 24.4. The lowest BCUT2D eigenvalue weighted by molar-refractivity contribution is -0.148. The molecule has 3 nitrogen and oxygen atoms in total. The largest absolute Gasteiger partial charge is 0.465 e. The maximum Gasteiger partial charge on any atom is 0.321 e. The van der Waals surface area contributed by atoms with Crippen LogP contribution in [0.2, 0.25) is 0 Å². The average molecular weight is 389 g/mol. The average Bonchev–Trinajstić information content (AvgIpc) is 2.71. The second-order valence-corrected chi connectivity index (χ2v) is 7.76. The van der Waals surface area contributed by atoms with Gasteiger partial charge in [0.1, 0.15) is 5.92 Å². The molecule has 0 aliphatic heterocycles. The van der Waals surface area contributed by atoms with Gasteiger partial charge >= 0.3 is 5.97 Å². The van der Waals surface area contributed by atoms with Crippen LogP contribution in [-0.2, 0) is 14.3 Å². The fourth-order valence-corrected chi connectivity index (χ4v) is 3.46. The number of carbonyl (C=O) groups excluding carboxylic acids is 2. The van der Waals surface area contributed by atoms with E-state index in [0.29, 0.717) is 13.0 Å². The van der Waals surface area contributed by atoms with Crippen molar-refractivity contribution in [2.45, 2.75) is 103 Å². The third-order valence-corrected chi connectivity index (χ3v) is 5.21. The van der Waals surface area contributed by atoms with Crippen molar-refractivity contribution in [1.82, 2.24) is 0 Å². The Labute approximate surface area is 172 Å². The van der Waals surface area contributed by atoms with Crippen LogP contribution < -0.4 is 0 Å². The topological polar surface area (TPSA) is 43.4 Å². The zero-order chi connectivity index (χ0) is 20.5. The maximum atomic E-state index is 12.8. The summed E-state index contributed by atoms with van der Waals surface area (Å²) in [4.78, 5) is 25.4. The molecule has 1 aromatic carbocycles. The zero-order valence-electron chi connectivity index (χ0n) is 18.1. The molecule has 1 unspecified atom stereocenters. The SMILES string of the molecule is CCCCCCCCOC(=O)C(C(=O)CCCCCCCC)c1ccccc1. The van der Waals surface area contributed by atoms with Crippen LogP contribution in [0.1, 0.15) is 109 Å². The second-order valence-electron chi connectivity index (χ2n) is 7.76. The van der Waals surface area contributed by atoms with E-state index in [9.17, 15) is 9.59 Å². The smallest absolute Gasteiger partial charge is 0.321 e. The first-order chi connectivity index (χ1) is 13.7. The van der Waals surface area contributed by atoms with Crippen LogP contribution in [-0.4, -0.2) is 18.4 Å². The molecule has 0 fully saturated rings. The van der Waals surface area contributed by atoms with Gasteiger partial charge in [-0.3, -0.25) is 9.59 Å². The molecule has 0 spiro atoms. The van der Waals surface area contributed by atoms with Crippen LogP contribution >= 0.6 is 0 Å². The molecule has 0 aromatic heterocycles. The Morgan fingerprint density at radius 1 is 0.750 bits per heavy atom. The van der Waals surface area contributed by atoms with E-state index in [4.69, 9.17) is 4.74 Å². The first-order valence-electron chi connectivity index (χ1n) is 11.4. The van der Waals surface area contributed by atoms with Gasteiger partial charge in [0.15, 0.2) is 5.78 Å². The van der Waals surface area contributed by atoms with Crippen LogP contribution in [0.3, 0.4) is 0 Å². The molecule has 158 valence electrons. The highest BCUT2D eigenvalue weighted by Crippen LogP contribution is 2.22. The minimum absolute atomic E-state index is 0.00497. The number of ether oxygens (including phenoxy) is 1. The predicted octanol–water partition coefficient (Wildman–Crippen LogP) is 6.99. The first-order valence-corrected chi connectivity index (χ1v) is 11.4. The van der Waals surface area contributed by atoms with Crippen molar-refractivity contribution in [3.05, 3.63) is 35.9 Å². The van der Waals surface area contributed by atoms with E-state index < -0.39 is 5.92 Å². The Hall–Kier alpha value is -1.64. The van der Waals surface area contributed by atoms with E-state index in [2.05, 4.69) is 13.8 Å². The quantitative estimate of drug-likeness (QED) is 0.164. The van der Waals surface area contributed by atoms with Gasteiger partial charge in [-0.2, -0.15) is 0 Å². The Bertz CT molecular complexity index is 524. The van der Waals surface area contributed by atoms with Crippen molar-refractivity contribution in [2.24, 2.45) is 0 Å². The molecule has 28 heavy (non-hydrogen) atoms. The number of rotatable bonds is 17. The van der Waals surface area contributed by atoms with Gasteiger partial charge in [0.2, 0.25) is 0 Å². The van der Waals surface area contributed by atoms with Crippen LogP contribution in [0.4, 0.5) is 0 Å².